The van der Waals surface area contributed by atoms with Crippen LogP contribution in [-0.2, 0) is 10.0 Å². The second-order valence-electron chi connectivity index (χ2n) is 6.03. The van der Waals surface area contributed by atoms with Crippen molar-refractivity contribution in [1.82, 2.24) is 0 Å². The predicted molar refractivity (Wildman–Crippen MR) is 113 cm³/mol. The molecule has 0 radical (unpaired) electrons. The standard InChI is InChI=1S/C20H16Cl2N2O3S/c1-13-7-8-14(20(25)23-15-9-10-17(21)18(22)12-15)11-19(13)24-28(26,27)16-5-3-2-4-6-16/h2-12,24H,1H3,(H,23,25). The molecule has 0 aromatic heterocycles. The third-order valence-electron chi connectivity index (χ3n) is 3.98. The molecule has 1 amide bonds. The third-order valence-corrected chi connectivity index (χ3v) is 6.10. The van der Waals surface area contributed by atoms with E-state index < -0.39 is 15.9 Å². The predicted octanol–water partition coefficient (Wildman–Crippen LogP) is 5.35. The summed E-state index contributed by atoms with van der Waals surface area (Å²) in [6.45, 7) is 1.75. The van der Waals surface area contributed by atoms with E-state index in [-0.39, 0.29) is 4.90 Å². The SMILES string of the molecule is Cc1ccc(C(=O)Nc2ccc(Cl)c(Cl)c2)cc1NS(=O)(=O)c1ccccc1. The lowest BCUT2D eigenvalue weighted by molar-refractivity contribution is 0.102. The molecule has 0 fully saturated rings. The van der Waals surface area contributed by atoms with Gasteiger partial charge in [0.1, 0.15) is 0 Å². The van der Waals surface area contributed by atoms with Crippen LogP contribution in [0.4, 0.5) is 11.4 Å². The van der Waals surface area contributed by atoms with Gasteiger partial charge < -0.3 is 5.32 Å². The number of halogens is 2. The van der Waals surface area contributed by atoms with Gasteiger partial charge in [0, 0.05) is 11.3 Å². The van der Waals surface area contributed by atoms with E-state index in [4.69, 9.17) is 23.2 Å². The summed E-state index contributed by atoms with van der Waals surface area (Å²) in [7, 11) is -3.76. The minimum absolute atomic E-state index is 0.139. The smallest absolute Gasteiger partial charge is 0.261 e. The van der Waals surface area contributed by atoms with Gasteiger partial charge in [-0.15, -0.1) is 0 Å². The van der Waals surface area contributed by atoms with Gasteiger partial charge in [-0.05, 0) is 55.0 Å². The van der Waals surface area contributed by atoms with Crippen LogP contribution in [0.1, 0.15) is 15.9 Å². The molecular formula is C20H16Cl2N2O3S. The molecule has 0 unspecified atom stereocenters. The summed E-state index contributed by atoms with van der Waals surface area (Å²) in [5.41, 5.74) is 1.78. The van der Waals surface area contributed by atoms with Gasteiger partial charge in [0.25, 0.3) is 15.9 Å². The lowest BCUT2D eigenvalue weighted by Gasteiger charge is -2.13. The highest BCUT2D eigenvalue weighted by molar-refractivity contribution is 7.92. The number of hydrogen-bond donors (Lipinski definition) is 2. The maximum absolute atomic E-state index is 12.6. The summed E-state index contributed by atoms with van der Waals surface area (Å²) >= 11 is 11.8. The molecule has 0 saturated heterocycles. The van der Waals surface area contributed by atoms with Crippen molar-refractivity contribution in [2.45, 2.75) is 11.8 Å². The first-order chi connectivity index (χ1) is 13.3. The molecule has 3 aromatic rings. The first-order valence-electron chi connectivity index (χ1n) is 8.21. The fourth-order valence-corrected chi connectivity index (χ4v) is 3.89. The molecule has 0 heterocycles. The van der Waals surface area contributed by atoms with E-state index in [1.165, 1.54) is 24.3 Å². The Bertz CT molecular complexity index is 1130. The average Bonchev–Trinajstić information content (AvgIpc) is 2.67. The van der Waals surface area contributed by atoms with E-state index in [0.29, 0.717) is 32.5 Å². The Morgan fingerprint density at radius 1 is 0.893 bits per heavy atom. The Hall–Kier alpha value is -2.54. The fourth-order valence-electron chi connectivity index (χ4n) is 2.45. The normalized spacial score (nSPS) is 11.1. The van der Waals surface area contributed by atoms with Crippen molar-refractivity contribution in [1.29, 1.82) is 0 Å². The van der Waals surface area contributed by atoms with Crippen LogP contribution in [0, 0.1) is 6.92 Å². The van der Waals surface area contributed by atoms with Gasteiger partial charge >= 0.3 is 0 Å². The highest BCUT2D eigenvalue weighted by atomic mass is 35.5. The van der Waals surface area contributed by atoms with Crippen molar-refractivity contribution in [3.05, 3.63) is 87.9 Å². The number of hydrogen-bond acceptors (Lipinski definition) is 3. The molecule has 3 aromatic carbocycles. The number of nitrogens with one attached hydrogen (secondary N) is 2. The van der Waals surface area contributed by atoms with Crippen LogP contribution in [0.3, 0.4) is 0 Å². The number of anilines is 2. The van der Waals surface area contributed by atoms with Gasteiger partial charge in [-0.1, -0.05) is 47.5 Å². The van der Waals surface area contributed by atoms with E-state index in [1.807, 2.05) is 0 Å². The highest BCUT2D eigenvalue weighted by Crippen LogP contribution is 2.26. The molecule has 144 valence electrons. The van der Waals surface area contributed by atoms with E-state index in [0.717, 1.165) is 0 Å². The summed E-state index contributed by atoms with van der Waals surface area (Å²) in [5.74, 6) is -0.404. The van der Waals surface area contributed by atoms with Crippen molar-refractivity contribution >= 4 is 50.5 Å². The van der Waals surface area contributed by atoms with Gasteiger partial charge in [0.15, 0.2) is 0 Å². The zero-order valence-electron chi connectivity index (χ0n) is 14.7. The van der Waals surface area contributed by atoms with E-state index in [1.54, 1.807) is 49.4 Å². The highest BCUT2D eigenvalue weighted by Gasteiger charge is 2.16. The summed E-state index contributed by atoms with van der Waals surface area (Å²) in [4.78, 5) is 12.7. The second kappa shape index (κ2) is 8.22. The maximum Gasteiger partial charge on any atom is 0.261 e. The van der Waals surface area contributed by atoms with Crippen molar-refractivity contribution in [3.8, 4) is 0 Å². The van der Waals surface area contributed by atoms with Crippen LogP contribution in [0.25, 0.3) is 0 Å². The van der Waals surface area contributed by atoms with Crippen LogP contribution in [-0.4, -0.2) is 14.3 Å². The average molecular weight is 435 g/mol. The number of rotatable bonds is 5. The van der Waals surface area contributed by atoms with Crippen molar-refractivity contribution in [3.63, 3.8) is 0 Å². The molecule has 3 rings (SSSR count). The zero-order chi connectivity index (χ0) is 20.3. The number of sulfonamides is 1. The molecule has 0 aliphatic rings. The quantitative estimate of drug-likeness (QED) is 0.567. The van der Waals surface area contributed by atoms with Crippen LogP contribution < -0.4 is 10.0 Å². The Labute approximate surface area is 173 Å². The van der Waals surface area contributed by atoms with Gasteiger partial charge in [0.05, 0.1) is 20.6 Å². The molecule has 0 atom stereocenters. The van der Waals surface area contributed by atoms with Crippen LogP contribution in [0.5, 0.6) is 0 Å². The molecule has 0 aliphatic carbocycles. The van der Waals surface area contributed by atoms with E-state index in [2.05, 4.69) is 10.0 Å². The lowest BCUT2D eigenvalue weighted by atomic mass is 10.1. The van der Waals surface area contributed by atoms with Crippen molar-refractivity contribution < 1.29 is 13.2 Å². The molecule has 0 spiro atoms. The molecule has 0 saturated carbocycles. The zero-order valence-corrected chi connectivity index (χ0v) is 17.1. The first-order valence-corrected chi connectivity index (χ1v) is 10.4. The minimum atomic E-state index is -3.76. The molecule has 8 heteroatoms. The summed E-state index contributed by atoms with van der Waals surface area (Å²) in [6, 6.07) is 17.5. The summed E-state index contributed by atoms with van der Waals surface area (Å²) in [5, 5.41) is 3.41. The Morgan fingerprint density at radius 2 is 1.61 bits per heavy atom. The third kappa shape index (κ3) is 4.65. The molecule has 28 heavy (non-hydrogen) atoms. The summed E-state index contributed by atoms with van der Waals surface area (Å²) in [6.07, 6.45) is 0. The van der Waals surface area contributed by atoms with Gasteiger partial charge in [-0.25, -0.2) is 8.42 Å². The molecule has 2 N–H and O–H groups in total. The van der Waals surface area contributed by atoms with Crippen molar-refractivity contribution in [2.75, 3.05) is 10.0 Å². The lowest BCUT2D eigenvalue weighted by Crippen LogP contribution is -2.16. The largest absolute Gasteiger partial charge is 0.322 e. The van der Waals surface area contributed by atoms with Gasteiger partial charge in [-0.3, -0.25) is 9.52 Å². The van der Waals surface area contributed by atoms with Gasteiger partial charge in [-0.2, -0.15) is 0 Å². The Morgan fingerprint density at radius 3 is 2.29 bits per heavy atom. The van der Waals surface area contributed by atoms with E-state index >= 15 is 0 Å². The van der Waals surface area contributed by atoms with Gasteiger partial charge in [0.2, 0.25) is 0 Å². The Kier molecular flexibility index (Phi) is 5.93. The first kappa shape index (κ1) is 20.2. The monoisotopic (exact) mass is 434 g/mol. The molecule has 5 nitrogen and oxygen atoms in total. The van der Waals surface area contributed by atoms with E-state index in [9.17, 15) is 13.2 Å². The fraction of sp³-hybridized carbons (Fsp3) is 0.0500. The minimum Gasteiger partial charge on any atom is -0.322 e. The molecule has 0 bridgehead atoms. The number of carbonyl (C=O) groups is 1. The topological polar surface area (TPSA) is 75.3 Å². The summed E-state index contributed by atoms with van der Waals surface area (Å²) < 4.78 is 27.6. The Balaban J connectivity index is 1.84. The maximum atomic E-state index is 12.6. The number of amides is 1. The number of carbonyl (C=O) groups excluding carboxylic acids is 1. The van der Waals surface area contributed by atoms with Crippen LogP contribution in [0.2, 0.25) is 10.0 Å². The molecule has 0 aliphatic heterocycles. The number of benzene rings is 3. The second-order valence-corrected chi connectivity index (χ2v) is 8.53. The van der Waals surface area contributed by atoms with Crippen LogP contribution >= 0.6 is 23.2 Å². The number of aryl methyl sites for hydroxylation is 1. The van der Waals surface area contributed by atoms with Crippen LogP contribution in [0.15, 0.2) is 71.6 Å². The molecular weight excluding hydrogens is 419 g/mol. The van der Waals surface area contributed by atoms with Crippen molar-refractivity contribution in [2.24, 2.45) is 0 Å².